The van der Waals surface area contributed by atoms with Gasteiger partial charge in [-0.1, -0.05) is 0 Å². The lowest BCUT2D eigenvalue weighted by Gasteiger charge is -2.39. The monoisotopic (exact) mass is 323 g/mol. The van der Waals surface area contributed by atoms with Crippen LogP contribution in [0, 0.1) is 11.3 Å². The highest BCUT2D eigenvalue weighted by Gasteiger charge is 2.60. The van der Waals surface area contributed by atoms with Gasteiger partial charge in [0.15, 0.2) is 11.2 Å². The van der Waals surface area contributed by atoms with Gasteiger partial charge in [0.2, 0.25) is 0 Å². The van der Waals surface area contributed by atoms with Crippen molar-refractivity contribution < 1.29 is 23.9 Å². The van der Waals surface area contributed by atoms with Crippen molar-refractivity contribution in [2.24, 2.45) is 11.3 Å². The first-order chi connectivity index (χ1) is 11.0. The zero-order valence-electron chi connectivity index (χ0n) is 13.9. The third-order valence-electron chi connectivity index (χ3n) is 5.65. The van der Waals surface area contributed by atoms with Crippen LogP contribution < -0.4 is 0 Å². The molecule has 0 bridgehead atoms. The van der Waals surface area contributed by atoms with Crippen molar-refractivity contribution in [1.82, 2.24) is 4.90 Å². The highest BCUT2D eigenvalue weighted by atomic mass is 16.6. The number of nitrogens with zero attached hydrogens (tertiary/aromatic N) is 1. The van der Waals surface area contributed by atoms with Crippen LogP contribution in [0.4, 0.5) is 0 Å². The van der Waals surface area contributed by atoms with Gasteiger partial charge in [-0.3, -0.25) is 19.3 Å². The fourth-order valence-electron chi connectivity index (χ4n) is 4.63. The number of carbonyl (C=O) groups is 3. The minimum atomic E-state index is -1.30. The van der Waals surface area contributed by atoms with Crippen LogP contribution in [0.25, 0.3) is 0 Å². The van der Waals surface area contributed by atoms with Crippen molar-refractivity contribution in [2.75, 3.05) is 19.8 Å². The Kier molecular flexibility index (Phi) is 4.45. The second-order valence-electron chi connectivity index (χ2n) is 6.74. The van der Waals surface area contributed by atoms with E-state index in [0.717, 1.165) is 19.4 Å². The Hall–Kier alpha value is -1.43. The minimum Gasteiger partial charge on any atom is -0.465 e. The van der Waals surface area contributed by atoms with Crippen molar-refractivity contribution >= 4 is 17.7 Å². The van der Waals surface area contributed by atoms with Crippen molar-refractivity contribution in [1.29, 1.82) is 0 Å². The van der Waals surface area contributed by atoms with Gasteiger partial charge in [-0.15, -0.1) is 0 Å². The van der Waals surface area contributed by atoms with Gasteiger partial charge in [0, 0.05) is 12.0 Å². The quantitative estimate of drug-likeness (QED) is 0.574. The topological polar surface area (TPSA) is 72.9 Å². The van der Waals surface area contributed by atoms with Crippen molar-refractivity contribution in [3.05, 3.63) is 0 Å². The predicted molar refractivity (Wildman–Crippen MR) is 81.6 cm³/mol. The maximum Gasteiger partial charge on any atom is 0.323 e. The van der Waals surface area contributed by atoms with Crippen LogP contribution in [0.15, 0.2) is 0 Å². The molecule has 3 atom stereocenters. The van der Waals surface area contributed by atoms with Crippen LogP contribution in [0.5, 0.6) is 0 Å². The van der Waals surface area contributed by atoms with E-state index >= 15 is 0 Å². The molecule has 23 heavy (non-hydrogen) atoms. The summed E-state index contributed by atoms with van der Waals surface area (Å²) in [4.78, 5) is 40.1. The highest BCUT2D eigenvalue weighted by molar-refractivity contribution is 6.01. The zero-order chi connectivity index (χ0) is 16.6. The lowest BCUT2D eigenvalue weighted by atomic mass is 9.67. The smallest absolute Gasteiger partial charge is 0.323 e. The zero-order valence-corrected chi connectivity index (χ0v) is 13.9. The normalized spacial score (nSPS) is 32.3. The summed E-state index contributed by atoms with van der Waals surface area (Å²) >= 11 is 0. The molecule has 1 saturated carbocycles. The Bertz CT molecular complexity index is 499. The average molecular weight is 323 g/mol. The van der Waals surface area contributed by atoms with E-state index < -0.39 is 17.4 Å². The Morgan fingerprint density at radius 1 is 1.17 bits per heavy atom. The van der Waals surface area contributed by atoms with Crippen LogP contribution >= 0.6 is 0 Å². The van der Waals surface area contributed by atoms with Crippen LogP contribution in [0.3, 0.4) is 0 Å². The molecular formula is C17H25NO5. The number of Topliss-reactive ketones (excluding diaryl/α,β-unsaturated/α-hetero) is 1. The first kappa shape index (κ1) is 16.4. The summed E-state index contributed by atoms with van der Waals surface area (Å²) in [7, 11) is 0. The molecule has 0 unspecified atom stereocenters. The van der Waals surface area contributed by atoms with Crippen LogP contribution in [-0.2, 0) is 23.9 Å². The van der Waals surface area contributed by atoms with Gasteiger partial charge in [-0.05, 0) is 52.5 Å². The molecule has 3 aliphatic rings. The number of ether oxygens (including phenoxy) is 2. The van der Waals surface area contributed by atoms with Crippen LogP contribution in [0.1, 0.15) is 46.0 Å². The van der Waals surface area contributed by atoms with E-state index in [1.54, 1.807) is 13.8 Å². The molecule has 128 valence electrons. The van der Waals surface area contributed by atoms with E-state index in [9.17, 15) is 14.4 Å². The largest absolute Gasteiger partial charge is 0.465 e. The first-order valence-corrected chi connectivity index (χ1v) is 8.69. The molecular weight excluding hydrogens is 298 g/mol. The average Bonchev–Trinajstić information content (AvgIpc) is 3.11. The van der Waals surface area contributed by atoms with E-state index in [-0.39, 0.29) is 43.4 Å². The number of fused-ring (bicyclic) bond motifs is 3. The molecule has 0 aromatic rings. The minimum absolute atomic E-state index is 0.00908. The fraction of sp³-hybridized carbons (Fsp3) is 0.824. The Labute approximate surface area is 136 Å². The highest BCUT2D eigenvalue weighted by Crippen LogP contribution is 2.49. The maximum absolute atomic E-state index is 12.7. The van der Waals surface area contributed by atoms with Gasteiger partial charge >= 0.3 is 11.9 Å². The molecule has 0 spiro atoms. The second-order valence-corrected chi connectivity index (χ2v) is 6.74. The van der Waals surface area contributed by atoms with E-state index in [1.165, 1.54) is 0 Å². The summed E-state index contributed by atoms with van der Waals surface area (Å²) < 4.78 is 10.3. The molecule has 2 heterocycles. The van der Waals surface area contributed by atoms with E-state index in [0.29, 0.717) is 12.8 Å². The number of carbonyl (C=O) groups excluding carboxylic acids is 3. The second kappa shape index (κ2) is 6.23. The first-order valence-electron chi connectivity index (χ1n) is 8.69. The summed E-state index contributed by atoms with van der Waals surface area (Å²) in [5.74, 6) is -1.11. The fourth-order valence-corrected chi connectivity index (χ4v) is 4.63. The van der Waals surface area contributed by atoms with E-state index in [1.807, 2.05) is 0 Å². The van der Waals surface area contributed by atoms with Gasteiger partial charge in [-0.25, -0.2) is 0 Å². The molecule has 0 radical (unpaired) electrons. The van der Waals surface area contributed by atoms with E-state index in [4.69, 9.17) is 9.47 Å². The number of rotatable bonds is 4. The molecule has 0 aromatic carbocycles. The summed E-state index contributed by atoms with van der Waals surface area (Å²) in [5, 5.41) is 0. The molecule has 1 aliphatic carbocycles. The Morgan fingerprint density at radius 2 is 1.83 bits per heavy atom. The van der Waals surface area contributed by atoms with Gasteiger partial charge < -0.3 is 9.47 Å². The summed E-state index contributed by atoms with van der Waals surface area (Å²) in [6, 6.07) is 0.164. The molecule has 0 aromatic heterocycles. The van der Waals surface area contributed by atoms with E-state index in [2.05, 4.69) is 4.90 Å². The molecule has 2 aliphatic heterocycles. The van der Waals surface area contributed by atoms with Crippen LogP contribution in [-0.4, -0.2) is 54.5 Å². The van der Waals surface area contributed by atoms with Crippen molar-refractivity contribution in [2.45, 2.75) is 58.0 Å². The van der Waals surface area contributed by atoms with Crippen molar-refractivity contribution in [3.63, 3.8) is 0 Å². The van der Waals surface area contributed by atoms with Gasteiger partial charge in [0.05, 0.1) is 19.3 Å². The predicted octanol–water partition coefficient (Wildman–Crippen LogP) is 1.31. The number of esters is 2. The molecule has 2 saturated heterocycles. The van der Waals surface area contributed by atoms with Gasteiger partial charge in [-0.2, -0.15) is 0 Å². The molecule has 3 fully saturated rings. The molecule has 6 heteroatoms. The summed E-state index contributed by atoms with van der Waals surface area (Å²) in [6.45, 7) is 4.83. The summed E-state index contributed by atoms with van der Waals surface area (Å²) in [6.07, 6.45) is 3.27. The maximum atomic E-state index is 12.7. The molecule has 0 amide bonds. The van der Waals surface area contributed by atoms with Crippen molar-refractivity contribution in [3.8, 4) is 0 Å². The summed E-state index contributed by atoms with van der Waals surface area (Å²) in [5.41, 5.74) is -1.30. The SMILES string of the molecule is CCOC(=O)C1(C(=O)OCC)CC[C@@H]2[C@H](C1)C(=O)[C@H]1CCCN12. The Balaban J connectivity index is 1.87. The lowest BCUT2D eigenvalue weighted by molar-refractivity contribution is -0.176. The molecule has 3 rings (SSSR count). The number of ketones is 1. The number of hydrogen-bond acceptors (Lipinski definition) is 6. The lowest BCUT2D eigenvalue weighted by Crippen LogP contribution is -2.50. The number of hydrogen-bond donors (Lipinski definition) is 0. The standard InChI is InChI=1S/C17H25NO5/c1-3-22-15(20)17(16(21)23-4-2)8-7-12-11(10-17)14(19)13-6-5-9-18(12)13/h11-13H,3-10H2,1-2H3/t11-,12+,13+/m0/s1. The van der Waals surface area contributed by atoms with Gasteiger partial charge in [0.1, 0.15) is 0 Å². The Morgan fingerprint density at radius 3 is 2.43 bits per heavy atom. The molecule has 0 N–H and O–H groups in total. The van der Waals surface area contributed by atoms with Gasteiger partial charge in [0.25, 0.3) is 0 Å². The molecule has 6 nitrogen and oxygen atoms in total. The third kappa shape index (κ3) is 2.47. The third-order valence-corrected chi connectivity index (χ3v) is 5.65. The van der Waals surface area contributed by atoms with Crippen LogP contribution in [0.2, 0.25) is 0 Å².